The summed E-state index contributed by atoms with van der Waals surface area (Å²) < 4.78 is 0. The molecule has 1 N–H and O–H groups in total. The lowest BCUT2D eigenvalue weighted by Crippen LogP contribution is -2.22. The summed E-state index contributed by atoms with van der Waals surface area (Å²) in [6.45, 7) is 0. The van der Waals surface area contributed by atoms with Crippen LogP contribution in [0, 0.1) is 0 Å². The number of thiazole rings is 1. The molecule has 0 atom stereocenters. The van der Waals surface area contributed by atoms with Gasteiger partial charge in [-0.15, -0.1) is 0 Å². The maximum atomic E-state index is 13.1. The third-order valence-corrected chi connectivity index (χ3v) is 5.42. The van der Waals surface area contributed by atoms with Gasteiger partial charge < -0.3 is 5.32 Å². The van der Waals surface area contributed by atoms with Crippen LogP contribution < -0.4 is 5.32 Å². The predicted octanol–water partition coefficient (Wildman–Crippen LogP) is 5.63. The maximum Gasteiger partial charge on any atom is 0.238 e. The summed E-state index contributed by atoms with van der Waals surface area (Å²) in [5.74, 6) is -0.537. The first-order valence-electron chi connectivity index (χ1n) is 8.68. The molecule has 0 spiro atoms. The lowest BCUT2D eigenvalue weighted by molar-refractivity contribution is -0.116. The van der Waals surface area contributed by atoms with Crippen LogP contribution >= 0.6 is 22.9 Å². The molecule has 4 aromatic rings. The fourth-order valence-electron chi connectivity index (χ4n) is 2.98. The molecule has 0 saturated carbocycles. The molecule has 0 saturated heterocycles. The van der Waals surface area contributed by atoms with E-state index in [0.29, 0.717) is 10.2 Å². The van der Waals surface area contributed by atoms with E-state index in [2.05, 4.69) is 15.3 Å². The molecule has 0 aliphatic heterocycles. The summed E-state index contributed by atoms with van der Waals surface area (Å²) in [5.41, 5.74) is 2.73. The molecule has 4 rings (SSSR count). The van der Waals surface area contributed by atoms with Crippen molar-refractivity contribution in [2.24, 2.45) is 0 Å². The van der Waals surface area contributed by atoms with E-state index >= 15 is 0 Å². The fourth-order valence-corrected chi connectivity index (χ4v) is 3.95. The second-order valence-corrected chi connectivity index (χ2v) is 7.63. The van der Waals surface area contributed by atoms with Gasteiger partial charge in [0.2, 0.25) is 5.91 Å². The molecule has 1 amide bonds. The second kappa shape index (κ2) is 8.33. The van der Waals surface area contributed by atoms with E-state index in [1.807, 2.05) is 66.7 Å². The Morgan fingerprint density at radius 1 is 0.929 bits per heavy atom. The minimum atomic E-state index is -0.414. The molecule has 0 radical (unpaired) electrons. The number of pyridine rings is 1. The molecule has 0 bridgehead atoms. The number of rotatable bonds is 5. The summed E-state index contributed by atoms with van der Waals surface area (Å²) in [4.78, 5) is 22.5. The topological polar surface area (TPSA) is 54.9 Å². The number of carbonyl (C=O) groups is 1. The lowest BCUT2D eigenvalue weighted by Gasteiger charge is -2.17. The predicted molar refractivity (Wildman–Crippen MR) is 114 cm³/mol. The van der Waals surface area contributed by atoms with E-state index in [0.717, 1.165) is 21.6 Å². The van der Waals surface area contributed by atoms with Crippen molar-refractivity contribution in [3.8, 4) is 10.4 Å². The van der Waals surface area contributed by atoms with Gasteiger partial charge in [0.15, 0.2) is 5.13 Å². The van der Waals surface area contributed by atoms with Crippen molar-refractivity contribution in [3.63, 3.8) is 0 Å². The van der Waals surface area contributed by atoms with Crippen LogP contribution in [0.4, 0.5) is 5.13 Å². The van der Waals surface area contributed by atoms with E-state index < -0.39 is 5.92 Å². The zero-order valence-corrected chi connectivity index (χ0v) is 16.3. The highest BCUT2D eigenvalue weighted by atomic mass is 35.5. The van der Waals surface area contributed by atoms with Gasteiger partial charge in [-0.05, 0) is 17.2 Å². The van der Waals surface area contributed by atoms with Gasteiger partial charge >= 0.3 is 0 Å². The van der Waals surface area contributed by atoms with Crippen molar-refractivity contribution in [2.45, 2.75) is 5.92 Å². The Morgan fingerprint density at radius 2 is 1.57 bits per heavy atom. The highest BCUT2D eigenvalue weighted by Gasteiger charge is 2.23. The number of aromatic nitrogens is 2. The Kier molecular flexibility index (Phi) is 5.46. The highest BCUT2D eigenvalue weighted by Crippen LogP contribution is 2.31. The molecule has 0 aliphatic carbocycles. The first-order chi connectivity index (χ1) is 13.7. The van der Waals surface area contributed by atoms with Crippen LogP contribution in [-0.2, 0) is 4.79 Å². The summed E-state index contributed by atoms with van der Waals surface area (Å²) in [7, 11) is 0. The zero-order valence-electron chi connectivity index (χ0n) is 14.7. The highest BCUT2D eigenvalue weighted by molar-refractivity contribution is 7.19. The number of nitrogens with zero attached hydrogens (tertiary/aromatic N) is 2. The quantitative estimate of drug-likeness (QED) is 0.468. The minimum absolute atomic E-state index is 0.123. The van der Waals surface area contributed by atoms with Gasteiger partial charge in [0.25, 0.3) is 0 Å². The number of carbonyl (C=O) groups excluding carboxylic acids is 1. The third kappa shape index (κ3) is 4.11. The number of hydrogen-bond acceptors (Lipinski definition) is 4. The molecule has 2 heterocycles. The molecule has 2 aromatic heterocycles. The molecule has 6 heteroatoms. The van der Waals surface area contributed by atoms with Crippen LogP contribution in [0.25, 0.3) is 10.4 Å². The summed E-state index contributed by atoms with van der Waals surface area (Å²) in [5, 5.41) is 4.06. The third-order valence-electron chi connectivity index (χ3n) is 4.25. The van der Waals surface area contributed by atoms with Gasteiger partial charge in [-0.25, -0.2) is 4.98 Å². The molecule has 0 unspecified atom stereocenters. The second-order valence-electron chi connectivity index (χ2n) is 6.17. The van der Waals surface area contributed by atoms with Crippen molar-refractivity contribution in [1.29, 1.82) is 0 Å². The molecule has 138 valence electrons. The van der Waals surface area contributed by atoms with Crippen LogP contribution in [0.2, 0.25) is 5.02 Å². The van der Waals surface area contributed by atoms with Crippen LogP contribution in [0.15, 0.2) is 85.3 Å². The number of hydrogen-bond donors (Lipinski definition) is 1. The van der Waals surface area contributed by atoms with Crippen LogP contribution in [0.5, 0.6) is 0 Å². The molecule has 0 aliphatic rings. The average molecular weight is 406 g/mol. The van der Waals surface area contributed by atoms with Crippen LogP contribution in [0.3, 0.4) is 0 Å². The van der Waals surface area contributed by atoms with E-state index in [1.165, 1.54) is 11.3 Å². The van der Waals surface area contributed by atoms with Crippen molar-refractivity contribution < 1.29 is 4.79 Å². The maximum absolute atomic E-state index is 13.1. The Balaban J connectivity index is 1.60. The Morgan fingerprint density at radius 3 is 2.18 bits per heavy atom. The average Bonchev–Trinajstić information content (AvgIpc) is 3.18. The molecule has 2 aromatic carbocycles. The molecule has 4 nitrogen and oxygen atoms in total. The largest absolute Gasteiger partial charge is 0.301 e. The standard InChI is InChI=1S/C22H16ClN3OS/c23-18-11-17(12-24-13-18)19-14-25-22(28-19)26-21(27)20(15-7-3-1-4-8-15)16-9-5-2-6-10-16/h1-14,20H,(H,25,26,27). The van der Waals surface area contributed by atoms with Crippen LogP contribution in [0.1, 0.15) is 17.0 Å². The molecule has 0 fully saturated rings. The fraction of sp³-hybridized carbons (Fsp3) is 0.0455. The van der Waals surface area contributed by atoms with E-state index in [1.54, 1.807) is 18.6 Å². The number of anilines is 1. The van der Waals surface area contributed by atoms with Gasteiger partial charge in [0.1, 0.15) is 0 Å². The van der Waals surface area contributed by atoms with Gasteiger partial charge in [0.05, 0.1) is 15.8 Å². The molecular weight excluding hydrogens is 390 g/mol. The molecule has 28 heavy (non-hydrogen) atoms. The van der Waals surface area contributed by atoms with Crippen molar-refractivity contribution in [2.75, 3.05) is 5.32 Å². The smallest absolute Gasteiger partial charge is 0.238 e. The number of amides is 1. The van der Waals surface area contributed by atoms with E-state index in [9.17, 15) is 4.79 Å². The first-order valence-corrected chi connectivity index (χ1v) is 9.87. The van der Waals surface area contributed by atoms with Crippen molar-refractivity contribution in [1.82, 2.24) is 9.97 Å². The number of nitrogens with one attached hydrogen (secondary N) is 1. The van der Waals surface area contributed by atoms with E-state index in [4.69, 9.17) is 11.6 Å². The zero-order chi connectivity index (χ0) is 19.3. The summed E-state index contributed by atoms with van der Waals surface area (Å²) in [6, 6.07) is 21.3. The molecular formula is C22H16ClN3OS. The van der Waals surface area contributed by atoms with Crippen molar-refractivity contribution >= 4 is 34.0 Å². The Hall–Kier alpha value is -3.02. The summed E-state index contributed by atoms with van der Waals surface area (Å²) in [6.07, 6.45) is 5.02. The Labute approximate surface area is 171 Å². The monoisotopic (exact) mass is 405 g/mol. The van der Waals surface area contributed by atoms with Gasteiger partial charge in [-0.3, -0.25) is 9.78 Å². The normalized spacial score (nSPS) is 10.8. The van der Waals surface area contributed by atoms with Crippen molar-refractivity contribution in [3.05, 3.63) is 101 Å². The van der Waals surface area contributed by atoms with E-state index in [-0.39, 0.29) is 5.91 Å². The first kappa shape index (κ1) is 18.3. The van der Waals surface area contributed by atoms with Gasteiger partial charge in [-0.2, -0.15) is 0 Å². The summed E-state index contributed by atoms with van der Waals surface area (Å²) >= 11 is 7.40. The van der Waals surface area contributed by atoms with Crippen LogP contribution in [-0.4, -0.2) is 15.9 Å². The van der Waals surface area contributed by atoms with Gasteiger partial charge in [0, 0.05) is 24.2 Å². The number of halogens is 1. The minimum Gasteiger partial charge on any atom is -0.301 e. The lowest BCUT2D eigenvalue weighted by atomic mass is 9.90. The Bertz CT molecular complexity index is 1040. The SMILES string of the molecule is O=C(Nc1ncc(-c2cncc(Cl)c2)s1)C(c1ccccc1)c1ccccc1. The number of benzene rings is 2. The van der Waals surface area contributed by atoms with Gasteiger partial charge in [-0.1, -0.05) is 83.6 Å².